The number of unbranched alkanes of at least 4 members (excludes halogenated alkanes) is 2. The highest BCUT2D eigenvalue weighted by atomic mass is 16.4. The zero-order valence-electron chi connectivity index (χ0n) is 43.7. The molecule has 0 heterocycles. The molecule has 0 radical (unpaired) electrons. The number of nitrogens with two attached hydrogens (primary N) is 4. The Bertz CT molecular complexity index is 1930. The van der Waals surface area contributed by atoms with Gasteiger partial charge in [-0.3, -0.25) is 57.5 Å². The second-order valence-electron chi connectivity index (χ2n) is 18.7. The summed E-state index contributed by atoms with van der Waals surface area (Å²) in [5.74, 6) is -13.2. The average molecular weight is 1070 g/mol. The summed E-state index contributed by atoms with van der Waals surface area (Å²) >= 11 is 0. The van der Waals surface area contributed by atoms with Gasteiger partial charge in [-0.05, 0) is 96.6 Å². The SMILES string of the molecule is CC[C@H](C)[C@H](NC(=O)[C@H](CO)NC(=O)[C@H](CCCCN)NC(=O)[C@H](CCC(N)=O)NC(=O)[C@H](CC(C)C)NC(=O)[C@H](CO)NC(=O)[C@H](C)N)C(=O)N[C@@H](CCC(=O)O)C(=O)N[C@@H](CCCCN)C(=O)N[C@@H](C)C(=O)O. The molecule has 29 nitrogen and oxygen atoms in total. The van der Waals surface area contributed by atoms with Gasteiger partial charge in [0.1, 0.15) is 54.4 Å². The van der Waals surface area contributed by atoms with Crippen LogP contribution in [0, 0.1) is 11.8 Å². The Hall–Kier alpha value is -6.56. The number of carbonyl (C=O) groups is 12. The van der Waals surface area contributed by atoms with E-state index in [0.29, 0.717) is 19.3 Å². The fraction of sp³-hybridized carbons (Fsp3) is 0.739. The summed E-state index contributed by atoms with van der Waals surface area (Å²) in [5, 5.41) is 60.5. The first-order valence-corrected chi connectivity index (χ1v) is 25.0. The smallest absolute Gasteiger partial charge is 0.325 e. The summed E-state index contributed by atoms with van der Waals surface area (Å²) in [4.78, 5) is 156. The van der Waals surface area contributed by atoms with Gasteiger partial charge in [0.2, 0.25) is 59.1 Å². The zero-order chi connectivity index (χ0) is 57.5. The number of hydrogen-bond acceptors (Lipinski definition) is 17. The van der Waals surface area contributed by atoms with Crippen molar-refractivity contribution in [2.24, 2.45) is 34.8 Å². The number of hydrogen-bond donors (Lipinski definition) is 17. The van der Waals surface area contributed by atoms with E-state index >= 15 is 0 Å². The Labute approximate surface area is 436 Å². The second kappa shape index (κ2) is 36.4. The van der Waals surface area contributed by atoms with Crippen LogP contribution in [0.2, 0.25) is 0 Å². The Balaban J connectivity index is 6.67. The van der Waals surface area contributed by atoms with Crippen LogP contribution in [0.25, 0.3) is 0 Å². The van der Waals surface area contributed by atoms with E-state index in [-0.39, 0.29) is 51.1 Å². The molecule has 0 aliphatic carbocycles. The van der Waals surface area contributed by atoms with Gasteiger partial charge >= 0.3 is 11.9 Å². The molecular weight excluding hydrogens is 991 g/mol. The molecule has 0 aliphatic heterocycles. The van der Waals surface area contributed by atoms with Crippen molar-refractivity contribution >= 4 is 71.0 Å². The van der Waals surface area contributed by atoms with Gasteiger partial charge in [-0.25, -0.2) is 0 Å². The molecule has 0 aromatic carbocycles. The van der Waals surface area contributed by atoms with Crippen molar-refractivity contribution in [3.8, 4) is 0 Å². The largest absolute Gasteiger partial charge is 0.481 e. The van der Waals surface area contributed by atoms with E-state index in [1.807, 2.05) is 0 Å². The normalized spacial score (nSPS) is 15.5. The maximum absolute atomic E-state index is 14.0. The van der Waals surface area contributed by atoms with Crippen molar-refractivity contribution in [3.63, 3.8) is 0 Å². The lowest BCUT2D eigenvalue weighted by Gasteiger charge is -2.29. The molecule has 11 atom stereocenters. The average Bonchev–Trinajstić information content (AvgIpc) is 3.34. The van der Waals surface area contributed by atoms with Crippen molar-refractivity contribution in [2.45, 2.75) is 179 Å². The van der Waals surface area contributed by atoms with Crippen LogP contribution in [0.15, 0.2) is 0 Å². The number of aliphatic carboxylic acids is 2. The molecule has 428 valence electrons. The summed E-state index contributed by atoms with van der Waals surface area (Å²) in [6.07, 6.45) is -0.540. The van der Waals surface area contributed by atoms with Crippen molar-refractivity contribution in [2.75, 3.05) is 26.3 Å². The van der Waals surface area contributed by atoms with Crippen LogP contribution in [0.5, 0.6) is 0 Å². The van der Waals surface area contributed by atoms with E-state index < -0.39 is 176 Å². The second-order valence-corrected chi connectivity index (χ2v) is 18.7. The number of aliphatic hydroxyl groups excluding tert-OH is 2. The number of primary amides is 1. The van der Waals surface area contributed by atoms with Gasteiger partial charge in [-0.1, -0.05) is 34.1 Å². The number of amides is 10. The summed E-state index contributed by atoms with van der Waals surface area (Å²) < 4.78 is 0. The first-order chi connectivity index (χ1) is 35.2. The highest BCUT2D eigenvalue weighted by Gasteiger charge is 2.36. The van der Waals surface area contributed by atoms with E-state index in [1.54, 1.807) is 27.7 Å². The van der Waals surface area contributed by atoms with Crippen LogP contribution < -0.4 is 70.8 Å². The van der Waals surface area contributed by atoms with Crippen molar-refractivity contribution in [3.05, 3.63) is 0 Å². The Morgan fingerprint density at radius 3 is 1.20 bits per heavy atom. The summed E-state index contributed by atoms with van der Waals surface area (Å²) in [6.45, 7) is 7.69. The number of carboxylic acids is 2. The van der Waals surface area contributed by atoms with Crippen LogP contribution in [0.3, 0.4) is 0 Å². The first kappa shape index (κ1) is 68.4. The summed E-state index contributed by atoms with van der Waals surface area (Å²) in [7, 11) is 0. The highest BCUT2D eigenvalue weighted by Crippen LogP contribution is 2.13. The molecule has 0 aromatic rings. The third-order valence-corrected chi connectivity index (χ3v) is 11.7. The minimum absolute atomic E-state index is 0.00276. The summed E-state index contributed by atoms with van der Waals surface area (Å²) in [6, 6.07) is -14.5. The monoisotopic (exact) mass is 1070 g/mol. The predicted octanol–water partition coefficient (Wildman–Crippen LogP) is -5.73. The molecule has 10 amide bonds. The molecule has 0 saturated heterocycles. The van der Waals surface area contributed by atoms with E-state index in [1.165, 1.54) is 13.8 Å². The Morgan fingerprint density at radius 1 is 0.453 bits per heavy atom. The van der Waals surface area contributed by atoms with Gasteiger partial charge < -0.3 is 91.2 Å². The fourth-order valence-electron chi connectivity index (χ4n) is 6.96. The number of carboxylic acid groups (broad SMARTS) is 2. The molecule has 0 fully saturated rings. The third-order valence-electron chi connectivity index (χ3n) is 11.7. The molecule has 0 bridgehead atoms. The van der Waals surface area contributed by atoms with E-state index in [0.717, 1.165) is 0 Å². The standard InChI is InChI=1S/C46H83N13O16/c1-7-24(4)36(45(73)55-30(15-17-35(63)64)41(69)52-27(12-8-10-18-47)38(66)51-26(6)46(74)75)59-44(72)33(22-61)58-39(67)28(13-9-11-19-48)53-40(68)29(14-16-34(50)62)54-42(70)31(20-23(2)3)56-43(71)32(21-60)57-37(65)25(5)49/h23-33,36,60-61H,7-22,47-49H2,1-6H3,(H2,50,62)(H,51,66)(H,52,69)(H,53,68)(H,54,70)(H,55,73)(H,56,71)(H,57,65)(H,58,67)(H,59,72)(H,63,64)(H,74,75)/t24-,25-,26-,27-,28-,29-,30-,31-,32-,33-,36-/m0/s1. The molecule has 0 unspecified atom stereocenters. The van der Waals surface area contributed by atoms with Crippen LogP contribution in [-0.4, -0.2) is 178 Å². The van der Waals surface area contributed by atoms with Gasteiger partial charge in [0, 0.05) is 12.8 Å². The van der Waals surface area contributed by atoms with Crippen LogP contribution in [0.4, 0.5) is 0 Å². The van der Waals surface area contributed by atoms with Gasteiger partial charge in [-0.15, -0.1) is 0 Å². The van der Waals surface area contributed by atoms with E-state index in [4.69, 9.17) is 22.9 Å². The summed E-state index contributed by atoms with van der Waals surface area (Å²) in [5.41, 5.74) is 22.2. The first-order valence-electron chi connectivity index (χ1n) is 25.0. The third kappa shape index (κ3) is 27.0. The van der Waals surface area contributed by atoms with Crippen LogP contribution >= 0.6 is 0 Å². The molecule has 0 aliphatic rings. The zero-order valence-corrected chi connectivity index (χ0v) is 43.7. The number of rotatable bonds is 39. The van der Waals surface area contributed by atoms with Gasteiger partial charge in [-0.2, -0.15) is 0 Å². The maximum atomic E-state index is 14.0. The van der Waals surface area contributed by atoms with Crippen molar-refractivity contribution in [1.29, 1.82) is 0 Å². The van der Waals surface area contributed by atoms with Crippen LogP contribution in [-0.2, 0) is 57.5 Å². The van der Waals surface area contributed by atoms with E-state index in [2.05, 4.69) is 47.9 Å². The predicted molar refractivity (Wildman–Crippen MR) is 269 cm³/mol. The van der Waals surface area contributed by atoms with Gasteiger partial charge in [0.25, 0.3) is 0 Å². The maximum Gasteiger partial charge on any atom is 0.325 e. The quantitative estimate of drug-likeness (QED) is 0.0255. The lowest BCUT2D eigenvalue weighted by molar-refractivity contribution is -0.142. The van der Waals surface area contributed by atoms with Crippen LogP contribution in [0.1, 0.15) is 119 Å². The number of carbonyl (C=O) groups excluding carboxylic acids is 10. The number of nitrogens with one attached hydrogen (secondary N) is 9. The minimum Gasteiger partial charge on any atom is -0.481 e. The van der Waals surface area contributed by atoms with Crippen molar-refractivity contribution in [1.82, 2.24) is 47.9 Å². The van der Waals surface area contributed by atoms with Gasteiger partial charge in [0.05, 0.1) is 19.3 Å². The molecular formula is C46H83N13O16. The van der Waals surface area contributed by atoms with E-state index in [9.17, 15) is 78.0 Å². The molecule has 0 saturated carbocycles. The highest BCUT2D eigenvalue weighted by molar-refractivity contribution is 5.98. The number of aliphatic hydroxyl groups is 2. The Kier molecular flexibility index (Phi) is 33.2. The Morgan fingerprint density at radius 2 is 0.813 bits per heavy atom. The minimum atomic E-state index is -1.79. The topological polar surface area (TPSA) is 498 Å². The molecule has 21 N–H and O–H groups in total. The molecule has 75 heavy (non-hydrogen) atoms. The fourth-order valence-corrected chi connectivity index (χ4v) is 6.96. The molecule has 0 aromatic heterocycles. The van der Waals surface area contributed by atoms with Gasteiger partial charge in [0.15, 0.2) is 0 Å². The molecule has 0 spiro atoms. The molecule has 29 heteroatoms. The molecule has 0 rings (SSSR count). The lowest BCUT2D eigenvalue weighted by atomic mass is 9.97. The van der Waals surface area contributed by atoms with Crippen molar-refractivity contribution < 1.29 is 78.0 Å². The lowest BCUT2D eigenvalue weighted by Crippen LogP contribution is -2.62.